The Morgan fingerprint density at radius 3 is 2.56 bits per heavy atom. The summed E-state index contributed by atoms with van der Waals surface area (Å²) in [5, 5.41) is 14.4. The summed E-state index contributed by atoms with van der Waals surface area (Å²) in [4.78, 5) is 21.9. The van der Waals surface area contributed by atoms with E-state index in [0.717, 1.165) is 12.8 Å². The van der Waals surface area contributed by atoms with Gasteiger partial charge in [-0.25, -0.2) is 0 Å². The van der Waals surface area contributed by atoms with E-state index in [1.807, 2.05) is 0 Å². The van der Waals surface area contributed by atoms with Gasteiger partial charge in [-0.3, -0.25) is 9.59 Å². The van der Waals surface area contributed by atoms with Crippen molar-refractivity contribution in [1.29, 1.82) is 0 Å². The summed E-state index contributed by atoms with van der Waals surface area (Å²) in [6.45, 7) is 2.06. The van der Waals surface area contributed by atoms with Gasteiger partial charge in [-0.15, -0.1) is 0 Å². The Bertz CT molecular complexity index is 250. The Morgan fingerprint density at radius 2 is 2.00 bits per heavy atom. The monoisotopic (exact) mass is 228 g/mol. The van der Waals surface area contributed by atoms with Crippen molar-refractivity contribution >= 4 is 11.9 Å². The van der Waals surface area contributed by atoms with Gasteiger partial charge in [0, 0.05) is 12.6 Å². The molecule has 0 saturated heterocycles. The van der Waals surface area contributed by atoms with Crippen molar-refractivity contribution in [3.05, 3.63) is 0 Å². The number of hydrogen-bond donors (Lipinski definition) is 3. The minimum atomic E-state index is -0.885. The maximum absolute atomic E-state index is 11.4. The van der Waals surface area contributed by atoms with E-state index in [9.17, 15) is 9.59 Å². The number of carboxylic acids is 1. The zero-order valence-electron chi connectivity index (χ0n) is 9.66. The van der Waals surface area contributed by atoms with E-state index in [2.05, 4.69) is 10.6 Å². The highest BCUT2D eigenvalue weighted by atomic mass is 16.4. The van der Waals surface area contributed by atoms with Gasteiger partial charge < -0.3 is 15.7 Å². The number of carbonyl (C=O) groups is 2. The van der Waals surface area contributed by atoms with Gasteiger partial charge in [-0.2, -0.15) is 0 Å². The molecule has 5 heteroatoms. The van der Waals surface area contributed by atoms with E-state index in [-0.39, 0.29) is 19.0 Å². The average molecular weight is 228 g/mol. The fraction of sp³-hybridized carbons (Fsp3) is 0.818. The van der Waals surface area contributed by atoms with Gasteiger partial charge in [0.25, 0.3) is 0 Å². The molecule has 0 aromatic rings. The SMILES string of the molecule is CC(CNC(=O)CNC1CCCC1)C(=O)O. The van der Waals surface area contributed by atoms with Crippen molar-refractivity contribution in [2.45, 2.75) is 38.6 Å². The maximum atomic E-state index is 11.4. The molecule has 1 atom stereocenters. The minimum absolute atomic E-state index is 0.125. The topological polar surface area (TPSA) is 78.4 Å². The Hall–Kier alpha value is -1.10. The number of nitrogens with one attached hydrogen (secondary N) is 2. The predicted molar refractivity (Wildman–Crippen MR) is 60.1 cm³/mol. The molecule has 5 nitrogen and oxygen atoms in total. The number of amides is 1. The second-order valence-electron chi connectivity index (χ2n) is 4.41. The summed E-state index contributed by atoms with van der Waals surface area (Å²) in [5.41, 5.74) is 0. The lowest BCUT2D eigenvalue weighted by molar-refractivity contribution is -0.141. The van der Waals surface area contributed by atoms with Gasteiger partial charge in [0.05, 0.1) is 12.5 Å². The van der Waals surface area contributed by atoms with Gasteiger partial charge in [-0.1, -0.05) is 19.8 Å². The number of carboxylic acid groups (broad SMARTS) is 1. The van der Waals surface area contributed by atoms with Crippen LogP contribution in [0.5, 0.6) is 0 Å². The molecule has 0 spiro atoms. The van der Waals surface area contributed by atoms with E-state index in [1.165, 1.54) is 12.8 Å². The molecule has 0 aromatic carbocycles. The number of aliphatic carboxylic acids is 1. The first kappa shape index (κ1) is 13.0. The third kappa shape index (κ3) is 4.61. The van der Waals surface area contributed by atoms with Gasteiger partial charge in [0.1, 0.15) is 0 Å². The molecule has 0 aromatic heterocycles. The third-order valence-electron chi connectivity index (χ3n) is 2.93. The van der Waals surface area contributed by atoms with Crippen LogP contribution in [0.4, 0.5) is 0 Å². The molecule has 1 fully saturated rings. The Labute approximate surface area is 95.6 Å². The van der Waals surface area contributed by atoms with Crippen molar-refractivity contribution in [2.75, 3.05) is 13.1 Å². The number of hydrogen-bond acceptors (Lipinski definition) is 3. The van der Waals surface area contributed by atoms with Crippen LogP contribution in [0.25, 0.3) is 0 Å². The molecule has 16 heavy (non-hydrogen) atoms. The van der Waals surface area contributed by atoms with Crippen LogP contribution in [-0.2, 0) is 9.59 Å². The lowest BCUT2D eigenvalue weighted by Gasteiger charge is -2.12. The van der Waals surface area contributed by atoms with Crippen LogP contribution >= 0.6 is 0 Å². The molecule has 0 bridgehead atoms. The molecule has 3 N–H and O–H groups in total. The fourth-order valence-electron chi connectivity index (χ4n) is 1.78. The first-order valence-electron chi connectivity index (χ1n) is 5.82. The highest BCUT2D eigenvalue weighted by molar-refractivity contribution is 5.79. The largest absolute Gasteiger partial charge is 0.481 e. The normalized spacial score (nSPS) is 18.3. The van der Waals surface area contributed by atoms with Crippen molar-refractivity contribution in [3.8, 4) is 0 Å². The molecule has 1 saturated carbocycles. The van der Waals surface area contributed by atoms with E-state index in [4.69, 9.17) is 5.11 Å². The van der Waals surface area contributed by atoms with E-state index < -0.39 is 11.9 Å². The predicted octanol–water partition coefficient (Wildman–Crippen LogP) is 0.355. The van der Waals surface area contributed by atoms with Gasteiger partial charge in [0.2, 0.25) is 5.91 Å². The van der Waals surface area contributed by atoms with Crippen LogP contribution in [0.1, 0.15) is 32.6 Å². The summed E-state index contributed by atoms with van der Waals surface area (Å²) >= 11 is 0. The Kier molecular flexibility index (Phi) is 5.25. The minimum Gasteiger partial charge on any atom is -0.481 e. The van der Waals surface area contributed by atoms with Crippen molar-refractivity contribution in [3.63, 3.8) is 0 Å². The second kappa shape index (κ2) is 6.48. The van der Waals surface area contributed by atoms with E-state index >= 15 is 0 Å². The van der Waals surface area contributed by atoms with Crippen LogP contribution in [0.3, 0.4) is 0 Å². The molecule has 1 aliphatic carbocycles. The van der Waals surface area contributed by atoms with Crippen LogP contribution in [0.2, 0.25) is 0 Å². The zero-order chi connectivity index (χ0) is 12.0. The molecule has 1 amide bonds. The lowest BCUT2D eigenvalue weighted by atomic mass is 10.2. The molecule has 1 aliphatic rings. The molecule has 1 rings (SSSR count). The molecule has 0 aliphatic heterocycles. The first-order chi connectivity index (χ1) is 7.59. The van der Waals surface area contributed by atoms with E-state index in [1.54, 1.807) is 6.92 Å². The molecule has 0 heterocycles. The molecule has 0 radical (unpaired) electrons. The highest BCUT2D eigenvalue weighted by Crippen LogP contribution is 2.17. The van der Waals surface area contributed by atoms with Crippen molar-refractivity contribution in [2.24, 2.45) is 5.92 Å². The summed E-state index contributed by atoms with van der Waals surface area (Å²) in [6, 6.07) is 0.461. The van der Waals surface area contributed by atoms with Crippen LogP contribution < -0.4 is 10.6 Å². The molecular formula is C11H20N2O3. The summed E-state index contributed by atoms with van der Waals surface area (Å²) in [5.74, 6) is -1.54. The Balaban J connectivity index is 2.08. The van der Waals surface area contributed by atoms with E-state index in [0.29, 0.717) is 6.04 Å². The van der Waals surface area contributed by atoms with Crippen LogP contribution in [-0.4, -0.2) is 36.1 Å². The van der Waals surface area contributed by atoms with Crippen LogP contribution in [0, 0.1) is 5.92 Å². The standard InChI is InChI=1S/C11H20N2O3/c1-8(11(15)16)6-13-10(14)7-12-9-4-2-3-5-9/h8-9,12H,2-7H2,1H3,(H,13,14)(H,15,16). The molecule has 92 valence electrons. The molecular weight excluding hydrogens is 208 g/mol. The summed E-state index contributed by atoms with van der Waals surface area (Å²) in [6.07, 6.45) is 4.74. The Morgan fingerprint density at radius 1 is 1.38 bits per heavy atom. The molecule has 1 unspecified atom stereocenters. The fourth-order valence-corrected chi connectivity index (χ4v) is 1.78. The van der Waals surface area contributed by atoms with Crippen LogP contribution in [0.15, 0.2) is 0 Å². The third-order valence-corrected chi connectivity index (χ3v) is 2.93. The van der Waals surface area contributed by atoms with Crippen molar-refractivity contribution < 1.29 is 14.7 Å². The summed E-state index contributed by atoms with van der Waals surface area (Å²) < 4.78 is 0. The summed E-state index contributed by atoms with van der Waals surface area (Å²) in [7, 11) is 0. The van der Waals surface area contributed by atoms with Gasteiger partial charge >= 0.3 is 5.97 Å². The first-order valence-corrected chi connectivity index (χ1v) is 5.82. The highest BCUT2D eigenvalue weighted by Gasteiger charge is 2.16. The van der Waals surface area contributed by atoms with Crippen molar-refractivity contribution in [1.82, 2.24) is 10.6 Å². The second-order valence-corrected chi connectivity index (χ2v) is 4.41. The van der Waals surface area contributed by atoms with Gasteiger partial charge in [0.15, 0.2) is 0 Å². The average Bonchev–Trinajstić information content (AvgIpc) is 2.75. The van der Waals surface area contributed by atoms with Gasteiger partial charge in [-0.05, 0) is 12.8 Å². The smallest absolute Gasteiger partial charge is 0.308 e. The quantitative estimate of drug-likeness (QED) is 0.613. The number of rotatable bonds is 6. The number of carbonyl (C=O) groups excluding carboxylic acids is 1. The lowest BCUT2D eigenvalue weighted by Crippen LogP contribution is -2.40. The maximum Gasteiger partial charge on any atom is 0.308 e. The zero-order valence-corrected chi connectivity index (χ0v) is 9.66.